The maximum absolute atomic E-state index is 3.46. The summed E-state index contributed by atoms with van der Waals surface area (Å²) < 4.78 is 0. The van der Waals surface area contributed by atoms with E-state index in [4.69, 9.17) is 0 Å². The third-order valence-corrected chi connectivity index (χ3v) is 3.79. The smallest absolute Gasteiger partial charge is 0.0384 e. The zero-order chi connectivity index (χ0) is 17.7. The van der Waals surface area contributed by atoms with Gasteiger partial charge in [-0.15, -0.1) is 0 Å². The van der Waals surface area contributed by atoms with Gasteiger partial charge in [0.15, 0.2) is 0 Å². The molecule has 0 heterocycles. The van der Waals surface area contributed by atoms with Crippen molar-refractivity contribution in [2.75, 3.05) is 5.32 Å². The molecule has 0 atom stereocenters. The quantitative estimate of drug-likeness (QED) is 0.626. The van der Waals surface area contributed by atoms with Gasteiger partial charge in [-0.25, -0.2) is 0 Å². The van der Waals surface area contributed by atoms with Crippen molar-refractivity contribution in [2.45, 2.75) is 66.2 Å². The van der Waals surface area contributed by atoms with E-state index in [1.807, 2.05) is 13.8 Å². The highest BCUT2D eigenvalue weighted by molar-refractivity contribution is 5.60. The van der Waals surface area contributed by atoms with Crippen LogP contribution in [0.25, 0.3) is 0 Å². The SMILES string of the molecule is CC.CC(C)(C)c1ccc(Nc2ccc(C(C)(C)C)cc2)cc1. The van der Waals surface area contributed by atoms with Gasteiger partial charge in [0.1, 0.15) is 0 Å². The first kappa shape index (κ1) is 19.3. The molecule has 0 amide bonds. The molecule has 0 unspecified atom stereocenters. The summed E-state index contributed by atoms with van der Waals surface area (Å²) in [7, 11) is 0. The van der Waals surface area contributed by atoms with Crippen LogP contribution in [0.2, 0.25) is 0 Å². The maximum Gasteiger partial charge on any atom is 0.0384 e. The summed E-state index contributed by atoms with van der Waals surface area (Å²) in [6, 6.07) is 17.4. The molecule has 1 nitrogen and oxygen atoms in total. The first-order chi connectivity index (χ1) is 10.7. The molecular formula is C22H33N. The number of anilines is 2. The Morgan fingerprint density at radius 2 is 0.783 bits per heavy atom. The molecule has 0 radical (unpaired) electrons. The lowest BCUT2D eigenvalue weighted by Crippen LogP contribution is -2.11. The second-order valence-corrected chi connectivity index (χ2v) is 7.78. The fraction of sp³-hybridized carbons (Fsp3) is 0.455. The predicted molar refractivity (Wildman–Crippen MR) is 105 cm³/mol. The van der Waals surface area contributed by atoms with E-state index in [0.717, 1.165) is 11.4 Å². The molecular weight excluding hydrogens is 278 g/mol. The molecule has 2 aromatic rings. The summed E-state index contributed by atoms with van der Waals surface area (Å²) in [5.74, 6) is 0. The van der Waals surface area contributed by atoms with Gasteiger partial charge in [-0.05, 0) is 46.2 Å². The van der Waals surface area contributed by atoms with Gasteiger partial charge in [0, 0.05) is 11.4 Å². The number of hydrogen-bond donors (Lipinski definition) is 1. The maximum atomic E-state index is 3.46. The first-order valence-corrected chi connectivity index (χ1v) is 8.64. The molecule has 0 aliphatic rings. The van der Waals surface area contributed by atoms with Crippen LogP contribution in [-0.2, 0) is 10.8 Å². The monoisotopic (exact) mass is 311 g/mol. The van der Waals surface area contributed by atoms with Crippen molar-refractivity contribution >= 4 is 11.4 Å². The number of nitrogens with one attached hydrogen (secondary N) is 1. The van der Waals surface area contributed by atoms with E-state index >= 15 is 0 Å². The minimum Gasteiger partial charge on any atom is -0.356 e. The molecule has 1 N–H and O–H groups in total. The fourth-order valence-corrected chi connectivity index (χ4v) is 2.27. The van der Waals surface area contributed by atoms with Gasteiger partial charge in [0.05, 0.1) is 0 Å². The highest BCUT2D eigenvalue weighted by atomic mass is 14.9. The molecule has 23 heavy (non-hydrogen) atoms. The zero-order valence-corrected chi connectivity index (χ0v) is 16.1. The van der Waals surface area contributed by atoms with Crippen LogP contribution in [0, 0.1) is 0 Å². The summed E-state index contributed by atoms with van der Waals surface area (Å²) in [4.78, 5) is 0. The van der Waals surface area contributed by atoms with Crippen LogP contribution in [0.3, 0.4) is 0 Å². The first-order valence-electron chi connectivity index (χ1n) is 8.64. The number of rotatable bonds is 2. The molecule has 0 aliphatic carbocycles. The molecule has 126 valence electrons. The van der Waals surface area contributed by atoms with Crippen LogP contribution >= 0.6 is 0 Å². The van der Waals surface area contributed by atoms with E-state index in [1.165, 1.54) is 11.1 Å². The van der Waals surface area contributed by atoms with Gasteiger partial charge in [0.25, 0.3) is 0 Å². The van der Waals surface area contributed by atoms with Crippen LogP contribution in [-0.4, -0.2) is 0 Å². The Morgan fingerprint density at radius 1 is 0.522 bits per heavy atom. The van der Waals surface area contributed by atoms with Gasteiger partial charge in [-0.3, -0.25) is 0 Å². The van der Waals surface area contributed by atoms with Gasteiger partial charge < -0.3 is 5.32 Å². The fourth-order valence-electron chi connectivity index (χ4n) is 2.27. The lowest BCUT2D eigenvalue weighted by molar-refractivity contribution is 0.590. The van der Waals surface area contributed by atoms with Crippen molar-refractivity contribution in [3.8, 4) is 0 Å². The van der Waals surface area contributed by atoms with E-state index in [9.17, 15) is 0 Å². The van der Waals surface area contributed by atoms with Crippen LogP contribution in [0.1, 0.15) is 66.5 Å². The molecule has 2 aromatic carbocycles. The molecule has 0 saturated carbocycles. The number of hydrogen-bond acceptors (Lipinski definition) is 1. The third kappa shape index (κ3) is 5.74. The summed E-state index contributed by atoms with van der Waals surface area (Å²) in [6.45, 7) is 17.4. The Kier molecular flexibility index (Phi) is 6.44. The largest absolute Gasteiger partial charge is 0.356 e. The zero-order valence-electron chi connectivity index (χ0n) is 16.1. The third-order valence-electron chi connectivity index (χ3n) is 3.79. The lowest BCUT2D eigenvalue weighted by atomic mass is 9.87. The van der Waals surface area contributed by atoms with Gasteiger partial charge in [-0.2, -0.15) is 0 Å². The molecule has 0 aliphatic heterocycles. The van der Waals surface area contributed by atoms with E-state index in [0.29, 0.717) is 0 Å². The van der Waals surface area contributed by atoms with Crippen molar-refractivity contribution in [2.24, 2.45) is 0 Å². The normalized spacial score (nSPS) is 11.5. The van der Waals surface area contributed by atoms with Crippen LogP contribution < -0.4 is 5.32 Å². The Morgan fingerprint density at radius 3 is 1.00 bits per heavy atom. The second kappa shape index (κ2) is 7.68. The summed E-state index contributed by atoms with van der Waals surface area (Å²) in [5, 5.41) is 3.46. The molecule has 1 heteroatoms. The van der Waals surface area contributed by atoms with Crippen LogP contribution in [0.15, 0.2) is 48.5 Å². The minimum absolute atomic E-state index is 0.201. The van der Waals surface area contributed by atoms with Crippen LogP contribution in [0.4, 0.5) is 11.4 Å². The molecule has 2 rings (SSSR count). The Hall–Kier alpha value is -1.76. The summed E-state index contributed by atoms with van der Waals surface area (Å²) >= 11 is 0. The Bertz CT molecular complexity index is 522. The second-order valence-electron chi connectivity index (χ2n) is 7.78. The molecule has 0 fully saturated rings. The predicted octanol–water partition coefficient (Wildman–Crippen LogP) is 7.05. The number of benzene rings is 2. The van der Waals surface area contributed by atoms with E-state index < -0.39 is 0 Å². The van der Waals surface area contributed by atoms with Gasteiger partial charge in [-0.1, -0.05) is 79.7 Å². The van der Waals surface area contributed by atoms with Gasteiger partial charge in [0.2, 0.25) is 0 Å². The molecule has 0 aromatic heterocycles. The molecule has 0 bridgehead atoms. The van der Waals surface area contributed by atoms with Crippen LogP contribution in [0.5, 0.6) is 0 Å². The average molecular weight is 312 g/mol. The van der Waals surface area contributed by atoms with E-state index in [2.05, 4.69) is 95.4 Å². The average Bonchev–Trinajstić information content (AvgIpc) is 2.48. The summed E-state index contributed by atoms with van der Waals surface area (Å²) in [5.41, 5.74) is 5.38. The van der Waals surface area contributed by atoms with Crippen molar-refractivity contribution in [3.63, 3.8) is 0 Å². The highest BCUT2D eigenvalue weighted by Gasteiger charge is 2.14. The van der Waals surface area contributed by atoms with Crippen molar-refractivity contribution < 1.29 is 0 Å². The van der Waals surface area contributed by atoms with Crippen molar-refractivity contribution in [3.05, 3.63) is 59.7 Å². The van der Waals surface area contributed by atoms with Gasteiger partial charge >= 0.3 is 0 Å². The Labute approximate surface area is 143 Å². The highest BCUT2D eigenvalue weighted by Crippen LogP contribution is 2.27. The van der Waals surface area contributed by atoms with E-state index in [-0.39, 0.29) is 10.8 Å². The summed E-state index contributed by atoms with van der Waals surface area (Å²) in [6.07, 6.45) is 0. The topological polar surface area (TPSA) is 12.0 Å². The molecule has 0 spiro atoms. The van der Waals surface area contributed by atoms with E-state index in [1.54, 1.807) is 0 Å². The van der Waals surface area contributed by atoms with Crippen molar-refractivity contribution in [1.29, 1.82) is 0 Å². The standard InChI is InChI=1S/C20H27N.C2H6/c1-19(2,3)15-7-11-17(12-8-15)21-18-13-9-16(10-14-18)20(4,5)6;1-2/h7-14,21H,1-6H3;1-2H3. The lowest BCUT2D eigenvalue weighted by Gasteiger charge is -2.20. The van der Waals surface area contributed by atoms with Crippen molar-refractivity contribution in [1.82, 2.24) is 0 Å². The molecule has 0 saturated heterocycles. The Balaban J connectivity index is 0.00000127. The minimum atomic E-state index is 0.201.